The predicted octanol–water partition coefficient (Wildman–Crippen LogP) is -0.125. The number of esters is 1. The highest BCUT2D eigenvalue weighted by Gasteiger charge is 2.48. The fourth-order valence-corrected chi connectivity index (χ4v) is 3.28. The molecule has 0 saturated carbocycles. The van der Waals surface area contributed by atoms with Crippen molar-refractivity contribution in [2.75, 3.05) is 12.4 Å². The zero-order valence-corrected chi connectivity index (χ0v) is 10.9. The Morgan fingerprint density at radius 1 is 1.26 bits per heavy atom. The number of hydrogen-bond donors (Lipinski definition) is 1. The second kappa shape index (κ2) is 6.34. The van der Waals surface area contributed by atoms with Gasteiger partial charge in [0.1, 0.15) is 0 Å². The maximum absolute atomic E-state index is 11.9. The molecule has 0 aliphatic carbocycles. The number of rotatable bonds is 7. The fraction of sp³-hybridized carbons (Fsp3) is 0.571. The number of carbonyl (C=O) groups is 1. The monoisotopic (exact) mass is 325 g/mol. The zero-order valence-electron chi connectivity index (χ0n) is 9.31. The largest absolute Gasteiger partial charge is 0.512 e. The van der Waals surface area contributed by atoms with Crippen molar-refractivity contribution in [3.05, 3.63) is 12.7 Å². The average molecular weight is 325 g/mol. The molecule has 0 bridgehead atoms. The third kappa shape index (κ3) is 6.54. The van der Waals surface area contributed by atoms with E-state index in [-0.39, 0.29) is 6.42 Å². The van der Waals surface area contributed by atoms with Gasteiger partial charge < -0.3 is 4.74 Å². The molecule has 0 aromatic heterocycles. The summed E-state index contributed by atoms with van der Waals surface area (Å²) in [7, 11) is -10.7. The first-order valence-corrected chi connectivity index (χ1v) is 7.66. The van der Waals surface area contributed by atoms with Crippen LogP contribution in [0.15, 0.2) is 12.7 Å². The number of nitrogens with one attached hydrogen (secondary N) is 1. The summed E-state index contributed by atoms with van der Waals surface area (Å²) < 4.78 is 83.8. The molecule has 0 heterocycles. The molecule has 0 spiro atoms. The molecule has 0 fully saturated rings. The van der Waals surface area contributed by atoms with Crippen molar-refractivity contribution in [2.24, 2.45) is 0 Å². The molecule has 0 atom stereocenters. The van der Waals surface area contributed by atoms with Crippen molar-refractivity contribution >= 4 is 26.0 Å². The first-order chi connectivity index (χ1) is 8.41. The molecule has 19 heavy (non-hydrogen) atoms. The van der Waals surface area contributed by atoms with Crippen LogP contribution in [0.5, 0.6) is 0 Å². The fourth-order valence-electron chi connectivity index (χ4n) is 0.737. The quantitative estimate of drug-likeness (QED) is 0.397. The number of hydrogen-bond acceptors (Lipinski definition) is 6. The van der Waals surface area contributed by atoms with Crippen LogP contribution in [0, 0.1) is 0 Å². The molecule has 7 nitrogen and oxygen atoms in total. The van der Waals surface area contributed by atoms with Crippen molar-refractivity contribution in [2.45, 2.75) is 11.9 Å². The van der Waals surface area contributed by atoms with E-state index in [1.165, 1.54) is 0 Å². The van der Waals surface area contributed by atoms with Crippen molar-refractivity contribution in [1.29, 1.82) is 0 Å². The lowest BCUT2D eigenvalue weighted by atomic mass is 10.5. The maximum atomic E-state index is 11.9. The minimum Gasteiger partial charge on any atom is -0.463 e. The number of sulfonamides is 2. The number of halogens is 3. The van der Waals surface area contributed by atoms with E-state index in [2.05, 4.69) is 11.3 Å². The summed E-state index contributed by atoms with van der Waals surface area (Å²) >= 11 is 0. The first kappa shape index (κ1) is 17.9. The minimum absolute atomic E-state index is 0.373. The van der Waals surface area contributed by atoms with Gasteiger partial charge in [-0.3, -0.25) is 0 Å². The van der Waals surface area contributed by atoms with Crippen LogP contribution < -0.4 is 4.13 Å². The highest BCUT2D eigenvalue weighted by Crippen LogP contribution is 2.22. The third-order valence-electron chi connectivity index (χ3n) is 1.51. The SMILES string of the molecule is C=CC(=O)OCCCS(=O)(=O)NS(=O)(=O)C(F)(F)F. The molecule has 12 heteroatoms. The lowest BCUT2D eigenvalue weighted by Gasteiger charge is -2.09. The Balaban J connectivity index is 4.44. The molecule has 0 unspecified atom stereocenters. The molecule has 0 aromatic carbocycles. The van der Waals surface area contributed by atoms with Gasteiger partial charge in [0, 0.05) is 6.08 Å². The van der Waals surface area contributed by atoms with E-state index in [9.17, 15) is 34.8 Å². The minimum atomic E-state index is -5.98. The van der Waals surface area contributed by atoms with Gasteiger partial charge in [-0.25, -0.2) is 21.6 Å². The van der Waals surface area contributed by atoms with Crippen LogP contribution >= 0.6 is 0 Å². The average Bonchev–Trinajstić information content (AvgIpc) is 2.20. The van der Waals surface area contributed by atoms with E-state index in [0.29, 0.717) is 4.13 Å². The van der Waals surface area contributed by atoms with Crippen LogP contribution in [0.25, 0.3) is 0 Å². The Bertz CT molecular complexity index is 536. The van der Waals surface area contributed by atoms with Crippen molar-refractivity contribution in [3.8, 4) is 0 Å². The molecule has 0 aromatic rings. The number of ether oxygens (including phenoxy) is 1. The van der Waals surface area contributed by atoms with E-state index < -0.39 is 43.9 Å². The zero-order chi connectivity index (χ0) is 15.3. The Morgan fingerprint density at radius 2 is 1.79 bits per heavy atom. The molecular weight excluding hydrogens is 315 g/mol. The molecule has 0 saturated heterocycles. The molecule has 1 N–H and O–H groups in total. The van der Waals surface area contributed by atoms with E-state index in [1.54, 1.807) is 0 Å². The Morgan fingerprint density at radius 3 is 2.21 bits per heavy atom. The summed E-state index contributed by atoms with van der Waals surface area (Å²) in [5.41, 5.74) is -5.73. The van der Waals surface area contributed by atoms with Crippen LogP contribution in [-0.4, -0.2) is 40.7 Å². The predicted molar refractivity (Wildman–Crippen MR) is 57.7 cm³/mol. The van der Waals surface area contributed by atoms with Gasteiger partial charge in [0.05, 0.1) is 12.4 Å². The van der Waals surface area contributed by atoms with E-state index >= 15 is 0 Å². The molecule has 0 aliphatic heterocycles. The standard InChI is InChI=1S/C7H10F3NO6S2/c1-2-6(12)17-4-3-5-18(13,14)11-19(15,16)7(8,9)10/h2,11H,1,3-5H2. The molecule has 0 amide bonds. The van der Waals surface area contributed by atoms with E-state index in [4.69, 9.17) is 0 Å². The molecule has 0 aliphatic rings. The first-order valence-electron chi connectivity index (χ1n) is 4.53. The van der Waals surface area contributed by atoms with Gasteiger partial charge >= 0.3 is 21.5 Å². The molecule has 112 valence electrons. The summed E-state index contributed by atoms with van der Waals surface area (Å²) in [4.78, 5) is 10.5. The van der Waals surface area contributed by atoms with E-state index in [1.807, 2.05) is 0 Å². The van der Waals surface area contributed by atoms with Crippen LogP contribution in [0.1, 0.15) is 6.42 Å². The second-order valence-corrected chi connectivity index (χ2v) is 6.85. The Kier molecular flexibility index (Phi) is 5.96. The maximum Gasteiger partial charge on any atom is 0.512 e. The number of alkyl halides is 3. The highest BCUT2D eigenvalue weighted by atomic mass is 32.3. The Hall–Kier alpha value is -1.14. The summed E-state index contributed by atoms with van der Waals surface area (Å²) in [5, 5.41) is 0. The third-order valence-corrected chi connectivity index (χ3v) is 4.84. The lowest BCUT2D eigenvalue weighted by molar-refractivity contribution is -0.137. The van der Waals surface area contributed by atoms with Crippen LogP contribution in [0.4, 0.5) is 13.2 Å². The van der Waals surface area contributed by atoms with Crippen molar-refractivity contribution in [3.63, 3.8) is 0 Å². The summed E-state index contributed by atoms with van der Waals surface area (Å²) in [6.45, 7) is 2.65. The van der Waals surface area contributed by atoms with Gasteiger partial charge in [-0.2, -0.15) is 13.2 Å². The normalized spacial score (nSPS) is 13.0. The summed E-state index contributed by atoms with van der Waals surface area (Å²) in [5.74, 6) is -1.79. The summed E-state index contributed by atoms with van der Waals surface area (Å²) in [6, 6.07) is 0. The Labute approximate surface area is 107 Å². The van der Waals surface area contributed by atoms with Crippen molar-refractivity contribution in [1.82, 2.24) is 4.13 Å². The van der Waals surface area contributed by atoms with Gasteiger partial charge in [0.2, 0.25) is 10.0 Å². The highest BCUT2D eigenvalue weighted by molar-refractivity contribution is 8.05. The van der Waals surface area contributed by atoms with Gasteiger partial charge in [-0.1, -0.05) is 6.58 Å². The van der Waals surface area contributed by atoms with E-state index in [0.717, 1.165) is 6.08 Å². The van der Waals surface area contributed by atoms with Crippen LogP contribution in [0.2, 0.25) is 0 Å². The molecule has 0 radical (unpaired) electrons. The smallest absolute Gasteiger partial charge is 0.463 e. The lowest BCUT2D eigenvalue weighted by Crippen LogP contribution is -2.41. The van der Waals surface area contributed by atoms with Crippen molar-refractivity contribution < 1.29 is 39.5 Å². The summed E-state index contributed by atoms with van der Waals surface area (Å²) in [6.07, 6.45) is 0.434. The number of carbonyl (C=O) groups excluding carboxylic acids is 1. The topological polar surface area (TPSA) is 107 Å². The van der Waals surface area contributed by atoms with Crippen LogP contribution in [-0.2, 0) is 29.6 Å². The van der Waals surface area contributed by atoms with Gasteiger partial charge in [-0.05, 0) is 6.42 Å². The molecular formula is C7H10F3NO6S2. The molecule has 0 rings (SSSR count). The second-order valence-electron chi connectivity index (χ2n) is 3.08. The van der Waals surface area contributed by atoms with Crippen LogP contribution in [0.3, 0.4) is 0 Å². The van der Waals surface area contributed by atoms with Gasteiger partial charge in [0.25, 0.3) is 0 Å². The van der Waals surface area contributed by atoms with Gasteiger partial charge in [0.15, 0.2) is 0 Å². The van der Waals surface area contributed by atoms with Gasteiger partial charge in [-0.15, -0.1) is 4.13 Å².